The number of likely N-dealkylation sites (tertiary alicyclic amines) is 2. The molecule has 3 aromatic rings. The maximum Gasteiger partial charge on any atom is 0.409 e. The quantitative estimate of drug-likeness (QED) is 0.284. The highest BCUT2D eigenvalue weighted by Crippen LogP contribution is 2.45. The van der Waals surface area contributed by atoms with Crippen molar-refractivity contribution in [2.24, 2.45) is 5.92 Å². The fourth-order valence-corrected chi connectivity index (χ4v) is 6.85. The first-order valence-electron chi connectivity index (χ1n) is 15.1. The van der Waals surface area contributed by atoms with Crippen LogP contribution in [0.2, 0.25) is 0 Å². The molecule has 12 nitrogen and oxygen atoms in total. The number of nitrogens with zero attached hydrogens (tertiary/aromatic N) is 5. The van der Waals surface area contributed by atoms with Gasteiger partial charge in [-0.15, -0.1) is 0 Å². The Morgan fingerprint density at radius 3 is 2.33 bits per heavy atom. The maximum atomic E-state index is 16.6. The molecule has 1 aromatic carbocycles. The number of methoxy groups -OCH3 is 1. The molecule has 0 bridgehead atoms. The molecule has 3 aliphatic rings. The molecule has 2 aliphatic heterocycles. The van der Waals surface area contributed by atoms with Gasteiger partial charge in [-0.1, -0.05) is 11.2 Å². The highest BCUT2D eigenvalue weighted by Gasteiger charge is 2.60. The van der Waals surface area contributed by atoms with Gasteiger partial charge in [-0.25, -0.2) is 45.1 Å². The van der Waals surface area contributed by atoms with Gasteiger partial charge in [-0.3, -0.25) is 14.5 Å². The average molecular weight is 690 g/mol. The van der Waals surface area contributed by atoms with Crippen LogP contribution in [0.5, 0.6) is 0 Å². The third-order valence-electron chi connectivity index (χ3n) is 9.52. The van der Waals surface area contributed by atoms with E-state index in [1.165, 1.54) is 13.0 Å². The van der Waals surface area contributed by atoms with E-state index in [2.05, 4.69) is 30.2 Å². The molecule has 2 aromatic heterocycles. The van der Waals surface area contributed by atoms with Crippen LogP contribution in [0.3, 0.4) is 0 Å². The lowest BCUT2D eigenvalue weighted by Crippen LogP contribution is -2.53. The lowest BCUT2D eigenvalue weighted by Gasteiger charge is -2.34. The summed E-state index contributed by atoms with van der Waals surface area (Å²) >= 11 is 0. The van der Waals surface area contributed by atoms with E-state index in [-0.39, 0.29) is 47.0 Å². The van der Waals surface area contributed by atoms with Gasteiger partial charge in [0.2, 0.25) is 24.4 Å². The van der Waals surface area contributed by atoms with Crippen molar-refractivity contribution in [2.45, 2.75) is 81.3 Å². The number of amides is 3. The zero-order valence-corrected chi connectivity index (χ0v) is 25.5. The Hall–Kier alpha value is -4.45. The topological polar surface area (TPSA) is 147 Å². The molecule has 2 N–H and O–H groups in total. The van der Waals surface area contributed by atoms with Crippen LogP contribution in [0.25, 0.3) is 11.0 Å². The number of benzene rings is 1. The average Bonchev–Trinajstić information content (AvgIpc) is 3.84. The molecule has 3 amide bonds. The Morgan fingerprint density at radius 2 is 1.73 bits per heavy atom. The van der Waals surface area contributed by atoms with Crippen molar-refractivity contribution >= 4 is 28.9 Å². The van der Waals surface area contributed by atoms with Gasteiger partial charge in [-0.2, -0.15) is 0 Å². The van der Waals surface area contributed by atoms with Crippen molar-refractivity contribution in [3.8, 4) is 0 Å². The minimum Gasteiger partial charge on any atom is -0.453 e. The number of imidazole rings is 1. The Balaban J connectivity index is 1.41. The number of nitrogens with one attached hydrogen (secondary N) is 2. The van der Waals surface area contributed by atoms with E-state index in [4.69, 9.17) is 4.74 Å². The molecule has 4 unspecified atom stereocenters. The summed E-state index contributed by atoms with van der Waals surface area (Å²) in [6, 6.07) is 1.34. The molecular formula is C29H30F7N7O5. The van der Waals surface area contributed by atoms with Gasteiger partial charge in [-0.05, 0) is 43.3 Å². The molecule has 19 heteroatoms. The molecule has 1 aliphatic carbocycles. The summed E-state index contributed by atoms with van der Waals surface area (Å²) in [4.78, 5) is 47.3. The number of fused-ring (bicyclic) bond motifs is 1. The number of carbonyl (C=O) groups excluding carboxylic acids is 3. The second-order valence-corrected chi connectivity index (χ2v) is 12.4. The number of aryl methyl sites for hydroxylation is 1. The van der Waals surface area contributed by atoms with Crippen molar-refractivity contribution in [1.82, 2.24) is 35.4 Å². The molecule has 1 saturated carbocycles. The minimum absolute atomic E-state index is 0.0322. The van der Waals surface area contributed by atoms with Crippen LogP contribution in [-0.4, -0.2) is 99.0 Å². The number of carbonyl (C=O) groups is 3. The Morgan fingerprint density at radius 1 is 1.06 bits per heavy atom. The summed E-state index contributed by atoms with van der Waals surface area (Å²) in [5.41, 5.74) is -3.07. The van der Waals surface area contributed by atoms with Gasteiger partial charge in [0.05, 0.1) is 24.1 Å². The number of aromatic amines is 1. The predicted molar refractivity (Wildman–Crippen MR) is 149 cm³/mol. The summed E-state index contributed by atoms with van der Waals surface area (Å²) in [7, 11) is 1.04. The van der Waals surface area contributed by atoms with Crippen molar-refractivity contribution in [3.05, 3.63) is 40.7 Å². The summed E-state index contributed by atoms with van der Waals surface area (Å²) in [5, 5.41) is 9.82. The van der Waals surface area contributed by atoms with Crippen molar-refractivity contribution in [3.63, 3.8) is 0 Å². The van der Waals surface area contributed by atoms with E-state index in [1.807, 2.05) is 0 Å². The number of halogens is 7. The van der Waals surface area contributed by atoms with Crippen LogP contribution in [-0.2, 0) is 14.9 Å². The van der Waals surface area contributed by atoms with Crippen LogP contribution in [0.1, 0.15) is 65.7 Å². The van der Waals surface area contributed by atoms with E-state index in [0.717, 1.165) is 18.1 Å². The summed E-state index contributed by atoms with van der Waals surface area (Å²) in [6.45, 7) is 0.571. The van der Waals surface area contributed by atoms with Crippen molar-refractivity contribution in [1.29, 1.82) is 0 Å². The first-order chi connectivity index (χ1) is 22.7. The summed E-state index contributed by atoms with van der Waals surface area (Å²) in [5.74, 6) is -6.95. The molecule has 6 rings (SSSR count). The first-order valence-corrected chi connectivity index (χ1v) is 15.1. The SMILES string of the molecule is COC(=O)N1CC[C@](C(=O)N2C(F)C(F)C(F)C2F)(c2ccc3[nH]c([C@@H](NC(=O)c4nonc4C)C4CCC(F)(F)CC4)nc3c2F)C1. The highest BCUT2D eigenvalue weighted by molar-refractivity contribution is 5.94. The summed E-state index contributed by atoms with van der Waals surface area (Å²) < 4.78 is 112. The van der Waals surface area contributed by atoms with Gasteiger partial charge in [0.15, 0.2) is 23.9 Å². The van der Waals surface area contributed by atoms with Crippen molar-refractivity contribution in [2.75, 3.05) is 20.2 Å². The van der Waals surface area contributed by atoms with Crippen LogP contribution in [0, 0.1) is 18.7 Å². The van der Waals surface area contributed by atoms with Gasteiger partial charge >= 0.3 is 6.09 Å². The standard InChI is InChI=1S/C29H30F7N7O5/c1-12-19(41-48-40-12)25(44)39-20(13-5-7-29(35,36)8-6-13)24-37-15-4-3-14(16(30)21(15)38-24)28(9-10-42(11-28)27(46)47-2)26(45)43-22(33)17(31)18(32)23(43)34/h3-4,13,17-18,20,22-23H,5-11H2,1-2H3,(H,37,38)(H,39,44)/t17?,18?,20-,22?,23?,28+/m0/s1. The number of hydrogen-bond acceptors (Lipinski definition) is 8. The van der Waals surface area contributed by atoms with E-state index in [1.54, 1.807) is 0 Å². The lowest BCUT2D eigenvalue weighted by molar-refractivity contribution is -0.148. The van der Waals surface area contributed by atoms with E-state index in [9.17, 15) is 40.7 Å². The van der Waals surface area contributed by atoms with Crippen LogP contribution < -0.4 is 5.32 Å². The number of ether oxygens (including phenoxy) is 1. The monoisotopic (exact) mass is 689 g/mol. The minimum atomic E-state index is -3.02. The largest absolute Gasteiger partial charge is 0.453 e. The van der Waals surface area contributed by atoms with Gasteiger partial charge in [0.25, 0.3) is 5.91 Å². The third-order valence-corrected chi connectivity index (χ3v) is 9.52. The lowest BCUT2D eigenvalue weighted by atomic mass is 9.77. The molecule has 260 valence electrons. The van der Waals surface area contributed by atoms with Crippen LogP contribution in [0.15, 0.2) is 16.8 Å². The van der Waals surface area contributed by atoms with Gasteiger partial charge < -0.3 is 19.9 Å². The zero-order valence-electron chi connectivity index (χ0n) is 25.5. The normalized spacial score (nSPS) is 28.2. The molecule has 2 saturated heterocycles. The molecule has 3 fully saturated rings. The van der Waals surface area contributed by atoms with Gasteiger partial charge in [0, 0.05) is 31.5 Å². The molecular weight excluding hydrogens is 659 g/mol. The van der Waals surface area contributed by atoms with E-state index < -0.39 is 109 Å². The molecule has 0 spiro atoms. The fraction of sp³-hybridized carbons (Fsp3) is 0.586. The van der Waals surface area contributed by atoms with E-state index >= 15 is 4.39 Å². The Kier molecular flexibility index (Phi) is 8.51. The number of alkyl halides is 6. The van der Waals surface area contributed by atoms with Gasteiger partial charge in [0.1, 0.15) is 17.0 Å². The fourth-order valence-electron chi connectivity index (χ4n) is 6.85. The maximum absolute atomic E-state index is 16.6. The Labute approximate surface area is 267 Å². The first kappa shape index (κ1) is 33.5. The third kappa shape index (κ3) is 5.49. The zero-order chi connectivity index (χ0) is 34.7. The molecule has 0 radical (unpaired) electrons. The number of H-pyrrole nitrogens is 1. The Bertz CT molecular complexity index is 1710. The molecule has 6 atom stereocenters. The smallest absolute Gasteiger partial charge is 0.409 e. The van der Waals surface area contributed by atoms with Crippen LogP contribution in [0.4, 0.5) is 35.5 Å². The molecule has 48 heavy (non-hydrogen) atoms. The molecule has 4 heterocycles. The number of hydrogen-bond donors (Lipinski definition) is 2. The van der Waals surface area contributed by atoms with Crippen LogP contribution >= 0.6 is 0 Å². The second kappa shape index (κ2) is 12.2. The highest BCUT2D eigenvalue weighted by atomic mass is 19.3. The summed E-state index contributed by atoms with van der Waals surface area (Å²) in [6.07, 6.45) is -14.4. The second-order valence-electron chi connectivity index (χ2n) is 12.4. The number of aromatic nitrogens is 4. The predicted octanol–water partition coefficient (Wildman–Crippen LogP) is 4.51. The number of rotatable bonds is 6. The van der Waals surface area contributed by atoms with E-state index in [0.29, 0.717) is 0 Å². The van der Waals surface area contributed by atoms with Crippen molar-refractivity contribution < 1.29 is 54.5 Å².